The minimum absolute atomic E-state index is 0.0122. The third-order valence-corrected chi connectivity index (χ3v) is 6.47. The van der Waals surface area contributed by atoms with Crippen molar-refractivity contribution >= 4 is 33.3 Å². The molecule has 0 aliphatic carbocycles. The molecule has 9 nitrogen and oxygen atoms in total. The molecular weight excluding hydrogens is 472 g/mol. The number of hydrogen-bond acceptors (Lipinski definition) is 7. The van der Waals surface area contributed by atoms with Crippen molar-refractivity contribution in [3.05, 3.63) is 77.9 Å². The molecule has 0 bridgehead atoms. The molecule has 35 heavy (non-hydrogen) atoms. The maximum atomic E-state index is 12.6. The van der Waals surface area contributed by atoms with Crippen molar-refractivity contribution in [2.75, 3.05) is 29.9 Å². The molecule has 10 heteroatoms. The molecule has 0 unspecified atom stereocenters. The van der Waals surface area contributed by atoms with E-state index in [4.69, 9.17) is 14.2 Å². The molecule has 1 heterocycles. The van der Waals surface area contributed by atoms with Gasteiger partial charge in [-0.2, -0.15) is 0 Å². The topological polar surface area (TPSA) is 120 Å². The number of anilines is 2. The van der Waals surface area contributed by atoms with E-state index in [1.807, 2.05) is 6.92 Å². The van der Waals surface area contributed by atoms with Gasteiger partial charge < -0.3 is 19.5 Å². The monoisotopic (exact) mass is 496 g/mol. The second kappa shape index (κ2) is 10.5. The Morgan fingerprint density at radius 1 is 0.886 bits per heavy atom. The molecule has 3 aromatic rings. The summed E-state index contributed by atoms with van der Waals surface area (Å²) in [6, 6.07) is 17.2. The van der Waals surface area contributed by atoms with E-state index < -0.39 is 28.5 Å². The lowest BCUT2D eigenvalue weighted by molar-refractivity contribution is -0.119. The van der Waals surface area contributed by atoms with Gasteiger partial charge in [-0.15, -0.1) is 0 Å². The largest absolute Gasteiger partial charge is 0.490 e. The van der Waals surface area contributed by atoms with Crippen LogP contribution in [0.25, 0.3) is 0 Å². The summed E-state index contributed by atoms with van der Waals surface area (Å²) in [5.74, 6) is -0.153. The van der Waals surface area contributed by atoms with Gasteiger partial charge in [0.05, 0.1) is 23.7 Å². The van der Waals surface area contributed by atoms with E-state index in [-0.39, 0.29) is 10.5 Å². The van der Waals surface area contributed by atoms with Gasteiger partial charge >= 0.3 is 5.97 Å². The fourth-order valence-corrected chi connectivity index (χ4v) is 4.32. The molecule has 0 atom stereocenters. The van der Waals surface area contributed by atoms with Crippen molar-refractivity contribution < 1.29 is 32.2 Å². The molecule has 3 aromatic carbocycles. The van der Waals surface area contributed by atoms with Crippen LogP contribution in [0.1, 0.15) is 22.3 Å². The zero-order valence-electron chi connectivity index (χ0n) is 18.9. The summed E-state index contributed by atoms with van der Waals surface area (Å²) < 4.78 is 43.8. The molecule has 4 rings (SSSR count). The number of carbonyl (C=O) groups excluding carboxylic acids is 2. The Labute approximate surface area is 203 Å². The smallest absolute Gasteiger partial charge is 0.338 e. The molecule has 0 saturated heterocycles. The number of sulfonamides is 1. The van der Waals surface area contributed by atoms with E-state index in [1.54, 1.807) is 42.5 Å². The van der Waals surface area contributed by atoms with E-state index in [0.717, 1.165) is 12.0 Å². The van der Waals surface area contributed by atoms with Crippen LogP contribution in [-0.4, -0.2) is 40.1 Å². The van der Waals surface area contributed by atoms with Gasteiger partial charge in [-0.3, -0.25) is 9.52 Å². The highest BCUT2D eigenvalue weighted by Gasteiger charge is 2.17. The van der Waals surface area contributed by atoms with Crippen LogP contribution in [0.5, 0.6) is 11.5 Å². The number of aryl methyl sites for hydroxylation is 1. The van der Waals surface area contributed by atoms with Gasteiger partial charge in [-0.05, 0) is 55.5 Å². The van der Waals surface area contributed by atoms with Gasteiger partial charge in [0.2, 0.25) is 0 Å². The Hall–Kier alpha value is -4.05. The van der Waals surface area contributed by atoms with Gasteiger partial charge in [0.1, 0.15) is 0 Å². The second-order valence-corrected chi connectivity index (χ2v) is 9.51. The van der Waals surface area contributed by atoms with Crippen LogP contribution >= 0.6 is 0 Å². The molecule has 0 saturated carbocycles. The first kappa shape index (κ1) is 24.1. The molecule has 1 amide bonds. The van der Waals surface area contributed by atoms with Crippen molar-refractivity contribution in [3.8, 4) is 11.5 Å². The first-order valence-corrected chi connectivity index (χ1v) is 12.3. The summed E-state index contributed by atoms with van der Waals surface area (Å²) in [4.78, 5) is 24.5. The number of esters is 1. The van der Waals surface area contributed by atoms with Crippen LogP contribution in [0, 0.1) is 6.92 Å². The van der Waals surface area contributed by atoms with Crippen molar-refractivity contribution in [3.63, 3.8) is 0 Å². The Bertz CT molecular complexity index is 1320. The van der Waals surface area contributed by atoms with E-state index in [2.05, 4.69) is 10.0 Å². The Balaban J connectivity index is 1.31. The average molecular weight is 497 g/mol. The highest BCUT2D eigenvalue weighted by molar-refractivity contribution is 7.92. The van der Waals surface area contributed by atoms with Crippen molar-refractivity contribution in [1.82, 2.24) is 0 Å². The van der Waals surface area contributed by atoms with Gasteiger partial charge in [0.15, 0.2) is 18.1 Å². The number of amides is 1. The SMILES string of the molecule is Cc1ccc(NS(=O)(=O)c2ccc(C(=O)OCC(=O)Nc3ccc4c(c3)OCCCO4)cc2)cc1. The maximum absolute atomic E-state index is 12.6. The molecule has 0 spiro atoms. The van der Waals surface area contributed by atoms with Crippen molar-refractivity contribution in [1.29, 1.82) is 0 Å². The quantitative estimate of drug-likeness (QED) is 0.478. The standard InChI is InChI=1S/C25H24N2O7S/c1-17-3-7-19(8-4-17)27-35(30,31)21-10-5-18(6-11-21)25(29)34-16-24(28)26-20-9-12-22-23(15-20)33-14-2-13-32-22/h3-12,15,27H,2,13-14,16H2,1H3,(H,26,28). The molecule has 2 N–H and O–H groups in total. The summed E-state index contributed by atoms with van der Waals surface area (Å²) in [5.41, 5.74) is 2.03. The maximum Gasteiger partial charge on any atom is 0.338 e. The number of rotatable bonds is 7. The van der Waals surface area contributed by atoms with Gasteiger partial charge in [-0.1, -0.05) is 17.7 Å². The first-order valence-electron chi connectivity index (χ1n) is 10.9. The molecule has 0 aromatic heterocycles. The summed E-state index contributed by atoms with van der Waals surface area (Å²) in [6.45, 7) is 2.47. The molecule has 1 aliphatic heterocycles. The highest BCUT2D eigenvalue weighted by Crippen LogP contribution is 2.32. The van der Waals surface area contributed by atoms with E-state index in [1.165, 1.54) is 24.3 Å². The van der Waals surface area contributed by atoms with Crippen LogP contribution < -0.4 is 19.5 Å². The number of fused-ring (bicyclic) bond motifs is 1. The summed E-state index contributed by atoms with van der Waals surface area (Å²) >= 11 is 0. The lowest BCUT2D eigenvalue weighted by atomic mass is 10.2. The summed E-state index contributed by atoms with van der Waals surface area (Å²) in [5, 5.41) is 2.64. The second-order valence-electron chi connectivity index (χ2n) is 7.83. The third-order valence-electron chi connectivity index (χ3n) is 5.07. The van der Waals surface area contributed by atoms with Crippen molar-refractivity contribution in [2.45, 2.75) is 18.2 Å². The number of benzene rings is 3. The van der Waals surface area contributed by atoms with Crippen LogP contribution in [-0.2, 0) is 19.6 Å². The van der Waals surface area contributed by atoms with Crippen LogP contribution in [0.3, 0.4) is 0 Å². The number of hydrogen-bond donors (Lipinski definition) is 2. The number of ether oxygens (including phenoxy) is 3. The van der Waals surface area contributed by atoms with Crippen LogP contribution in [0.15, 0.2) is 71.6 Å². The van der Waals surface area contributed by atoms with Gasteiger partial charge in [0, 0.05) is 23.9 Å². The van der Waals surface area contributed by atoms with Crippen LogP contribution in [0.4, 0.5) is 11.4 Å². The first-order chi connectivity index (χ1) is 16.8. The zero-order valence-corrected chi connectivity index (χ0v) is 19.8. The molecule has 0 radical (unpaired) electrons. The molecule has 1 aliphatic rings. The predicted molar refractivity (Wildman–Crippen MR) is 129 cm³/mol. The number of carbonyl (C=O) groups is 2. The lowest BCUT2D eigenvalue weighted by Crippen LogP contribution is -2.21. The van der Waals surface area contributed by atoms with E-state index in [9.17, 15) is 18.0 Å². The Morgan fingerprint density at radius 3 is 2.26 bits per heavy atom. The Morgan fingerprint density at radius 2 is 1.54 bits per heavy atom. The molecule has 182 valence electrons. The highest BCUT2D eigenvalue weighted by atomic mass is 32.2. The summed E-state index contributed by atoms with van der Waals surface area (Å²) in [7, 11) is -3.82. The summed E-state index contributed by atoms with van der Waals surface area (Å²) in [6.07, 6.45) is 0.766. The minimum Gasteiger partial charge on any atom is -0.490 e. The Kier molecular flexibility index (Phi) is 7.21. The fourth-order valence-electron chi connectivity index (χ4n) is 3.26. The zero-order chi connectivity index (χ0) is 24.8. The van der Waals surface area contributed by atoms with Crippen molar-refractivity contribution in [2.24, 2.45) is 0 Å². The molecular formula is C25H24N2O7S. The normalized spacial score (nSPS) is 12.8. The lowest BCUT2D eigenvalue weighted by Gasteiger charge is -2.11. The van der Waals surface area contributed by atoms with E-state index >= 15 is 0 Å². The van der Waals surface area contributed by atoms with E-state index in [0.29, 0.717) is 36.1 Å². The van der Waals surface area contributed by atoms with Gasteiger partial charge in [-0.25, -0.2) is 13.2 Å². The predicted octanol–water partition coefficient (Wildman–Crippen LogP) is 3.75. The third kappa shape index (κ3) is 6.30. The average Bonchev–Trinajstić information content (AvgIpc) is 3.09. The molecule has 0 fully saturated rings. The van der Waals surface area contributed by atoms with Crippen LogP contribution in [0.2, 0.25) is 0 Å². The fraction of sp³-hybridized carbons (Fsp3) is 0.200. The van der Waals surface area contributed by atoms with Gasteiger partial charge in [0.25, 0.3) is 15.9 Å². The minimum atomic E-state index is -3.82. The number of nitrogens with one attached hydrogen (secondary N) is 2.